The number of aryl methyl sites for hydroxylation is 2. The van der Waals surface area contributed by atoms with Gasteiger partial charge in [-0.1, -0.05) is 111 Å². The van der Waals surface area contributed by atoms with Gasteiger partial charge in [-0.2, -0.15) is 40.3 Å². The van der Waals surface area contributed by atoms with E-state index in [1.807, 2.05) is 130 Å². The van der Waals surface area contributed by atoms with E-state index in [-0.39, 0.29) is 87.8 Å². The maximum atomic E-state index is 13.5. The molecule has 0 unspecified atom stereocenters. The van der Waals surface area contributed by atoms with Gasteiger partial charge in [0, 0.05) is 66.8 Å². The Morgan fingerprint density at radius 1 is 0.486 bits per heavy atom. The van der Waals surface area contributed by atoms with Gasteiger partial charge in [0.2, 0.25) is 11.8 Å². The van der Waals surface area contributed by atoms with Crippen LogP contribution in [-0.4, -0.2) is 163 Å². The van der Waals surface area contributed by atoms with Crippen molar-refractivity contribution >= 4 is 70.5 Å². The molecule has 8 aromatic carbocycles. The van der Waals surface area contributed by atoms with E-state index in [4.69, 9.17) is 10.8 Å². The Hall–Kier alpha value is -9.89. The first-order valence-corrected chi connectivity index (χ1v) is 37.5. The number of carbonyl (C=O) groups excluding carboxylic acids is 2. The van der Waals surface area contributed by atoms with Crippen LogP contribution in [0, 0.1) is 31.3 Å². The van der Waals surface area contributed by atoms with Gasteiger partial charge in [-0.15, -0.1) is 0 Å². The van der Waals surface area contributed by atoms with E-state index >= 15 is 0 Å². The summed E-state index contributed by atoms with van der Waals surface area (Å²) in [5, 5.41) is 32.5. The van der Waals surface area contributed by atoms with E-state index in [1.165, 1.54) is 42.0 Å². The van der Waals surface area contributed by atoms with Crippen molar-refractivity contribution in [2.45, 2.75) is 119 Å². The number of benzene rings is 8. The lowest BCUT2D eigenvalue weighted by atomic mass is 9.97. The van der Waals surface area contributed by atoms with E-state index in [1.54, 1.807) is 98.2 Å². The second-order valence-corrected chi connectivity index (χ2v) is 30.9. The number of H-pyrrole nitrogens is 1. The van der Waals surface area contributed by atoms with Crippen LogP contribution in [0.2, 0.25) is 0 Å². The number of likely N-dealkylation sites (N-methyl/N-ethyl adjacent to an activating group) is 3. The molecule has 0 fully saturated rings. The molecule has 0 bridgehead atoms. The minimum Gasteiger partial charge on any atom is -0.481 e. The minimum atomic E-state index is -3.81. The molecule has 2 amide bonds. The molecule has 0 aliphatic heterocycles. The number of aliphatic carboxylic acids is 1. The second-order valence-electron chi connectivity index (χ2n) is 27.4. The van der Waals surface area contributed by atoms with Crippen LogP contribution in [0.1, 0.15) is 102 Å². The number of carboxylic acid groups (broad SMARTS) is 1. The molecule has 20 nitrogen and oxygen atoms in total. The lowest BCUT2D eigenvalue weighted by molar-refractivity contribution is -0.137. The number of amides is 2. The third kappa shape index (κ3) is 22.8. The van der Waals surface area contributed by atoms with Crippen LogP contribution in [0.4, 0.5) is 13.2 Å². The molecule has 25 heteroatoms. The lowest BCUT2D eigenvalue weighted by Gasteiger charge is -2.25. The van der Waals surface area contributed by atoms with Gasteiger partial charge in [-0.05, 0) is 224 Å². The highest BCUT2D eigenvalue weighted by Gasteiger charge is 2.25. The van der Waals surface area contributed by atoms with Crippen molar-refractivity contribution in [3.63, 3.8) is 0 Å². The van der Waals surface area contributed by atoms with Gasteiger partial charge < -0.3 is 36.2 Å². The van der Waals surface area contributed by atoms with Gasteiger partial charge in [0.15, 0.2) is 0 Å². The average Bonchev–Trinajstić information content (AvgIpc) is 1.66. The zero-order valence-corrected chi connectivity index (χ0v) is 62.8. The summed E-state index contributed by atoms with van der Waals surface area (Å²) in [5.41, 5.74) is 15.6. The number of rotatable bonds is 27. The van der Waals surface area contributed by atoms with Crippen molar-refractivity contribution in [2.24, 2.45) is 5.73 Å². The Kier molecular flexibility index (Phi) is 28.6. The molecule has 6 N–H and O–H groups in total. The molecule has 3 aromatic heterocycles. The van der Waals surface area contributed by atoms with E-state index in [9.17, 15) is 44.4 Å². The molecule has 556 valence electrons. The normalized spacial score (nSPS) is 13.4. The summed E-state index contributed by atoms with van der Waals surface area (Å²) in [6.07, 6.45) is 7.89. The van der Waals surface area contributed by atoms with Gasteiger partial charge in [0.05, 0.1) is 51.4 Å². The van der Waals surface area contributed by atoms with E-state index in [2.05, 4.69) is 53.0 Å². The van der Waals surface area contributed by atoms with Gasteiger partial charge in [-0.25, -0.2) is 13.2 Å². The molecule has 0 radical (unpaired) electrons. The smallest absolute Gasteiger partial charge is 0.303 e. The molecule has 11 rings (SSSR count). The zero-order chi connectivity index (χ0) is 76.3. The molecule has 0 saturated heterocycles. The first-order chi connectivity index (χ1) is 49.9. The number of nitrogens with zero attached hydrogens (tertiary/aromatic N) is 8. The predicted molar refractivity (Wildman–Crippen MR) is 408 cm³/mol. The fourth-order valence-electron chi connectivity index (χ4n) is 11.9. The molecule has 3 heterocycles. The SMILES string of the molecule is C[C@H](CC(=O)NC[C@H](Cc1ccc2[nH]ncc2c1)N(C)C)c1cccc(F)c1.C[C@H](CC(=O)O)c1cccc(F)c1.Cc1ccc(S(=O)(=O)n2ncc3cc(C[C@@H](CN)N(C)C)ccc32)cc1.Cc1ccc(S(=O)(=O)n2ncc3cc(C[C@@H](CNC(=O)C[C@@H](C)c4cccc(F)c4)N(C)C)ccc32)cc1. The number of halogens is 3. The Balaban J connectivity index is 0.000000186. The number of nitrogens with one attached hydrogen (secondary N) is 3. The number of fused-ring (bicyclic) bond motifs is 3. The third-order valence-corrected chi connectivity index (χ3v) is 21.7. The van der Waals surface area contributed by atoms with Gasteiger partial charge in [0.25, 0.3) is 20.0 Å². The summed E-state index contributed by atoms with van der Waals surface area (Å²) in [6, 6.07) is 50.3. The summed E-state index contributed by atoms with van der Waals surface area (Å²) in [7, 11) is 4.42. The molecule has 105 heavy (non-hydrogen) atoms. The van der Waals surface area contributed by atoms with Crippen LogP contribution in [0.5, 0.6) is 0 Å². The molecule has 6 atom stereocenters. The quantitative estimate of drug-likeness (QED) is 0.0320. The predicted octanol–water partition coefficient (Wildman–Crippen LogP) is 12.4. The molecule has 0 saturated carbocycles. The van der Waals surface area contributed by atoms with Gasteiger partial charge in [-0.3, -0.25) is 19.5 Å². The highest BCUT2D eigenvalue weighted by molar-refractivity contribution is 7.90. The maximum absolute atomic E-state index is 13.5. The first-order valence-electron chi connectivity index (χ1n) is 34.6. The van der Waals surface area contributed by atoms with Crippen molar-refractivity contribution in [2.75, 3.05) is 61.9 Å². The Morgan fingerprint density at radius 2 is 0.848 bits per heavy atom. The summed E-state index contributed by atoms with van der Waals surface area (Å²) < 4.78 is 93.9. The van der Waals surface area contributed by atoms with Crippen molar-refractivity contribution in [3.8, 4) is 0 Å². The number of aromatic amines is 1. The largest absolute Gasteiger partial charge is 0.481 e. The first kappa shape index (κ1) is 80.8. The second kappa shape index (κ2) is 37.2. The Bertz CT molecular complexity index is 4950. The van der Waals surface area contributed by atoms with Gasteiger partial charge in [0.1, 0.15) is 17.5 Å². The highest BCUT2D eigenvalue weighted by atomic mass is 32.2. The van der Waals surface area contributed by atoms with Crippen LogP contribution < -0.4 is 16.4 Å². The Labute approximate surface area is 613 Å². The fraction of sp³-hybridized carbons (Fsp3) is 0.325. The number of carbonyl (C=O) groups is 3. The number of aromatic nitrogens is 6. The van der Waals surface area contributed by atoms with Gasteiger partial charge >= 0.3 is 5.97 Å². The molecule has 11 aromatic rings. The van der Waals surface area contributed by atoms with E-state index in [0.717, 1.165) is 81.6 Å². The van der Waals surface area contributed by atoms with Crippen molar-refractivity contribution in [1.29, 1.82) is 0 Å². The van der Waals surface area contributed by atoms with E-state index < -0.39 is 26.0 Å². The molecule has 0 aliphatic carbocycles. The minimum absolute atomic E-state index is 0.0195. The molecule has 0 aliphatic rings. The number of carboxylic acids is 1. The summed E-state index contributed by atoms with van der Waals surface area (Å²) in [6.45, 7) is 11.0. The molecule has 0 spiro atoms. The van der Waals surface area contributed by atoms with Crippen LogP contribution in [-0.2, 0) is 53.7 Å². The maximum Gasteiger partial charge on any atom is 0.303 e. The van der Waals surface area contributed by atoms with Crippen LogP contribution >= 0.6 is 0 Å². The van der Waals surface area contributed by atoms with Crippen molar-refractivity contribution in [3.05, 3.63) is 256 Å². The number of nitrogens with two attached hydrogens (primary N) is 1. The third-order valence-electron chi connectivity index (χ3n) is 18.5. The number of hydrogen-bond donors (Lipinski definition) is 5. The van der Waals surface area contributed by atoms with Crippen molar-refractivity contribution < 1.29 is 49.5 Å². The monoisotopic (exact) mass is 1470 g/mol. The summed E-state index contributed by atoms with van der Waals surface area (Å²) in [5.74, 6) is -2.15. The molecular weight excluding hydrogens is 1380 g/mol. The summed E-state index contributed by atoms with van der Waals surface area (Å²) in [4.78, 5) is 42.1. The standard InChI is InChI=1S/C29H33FN4O3S.C22H27FN4O.C19H24N4O2S.C10H11FO2/c1-20-8-11-27(12-9-20)38(36,37)34-28-13-10-22(15-24(28)18-32-34)16-26(33(3)4)19-31-29(35)14-21(2)23-6-5-7-25(30)17-23;1-15(17-5-4-6-19(23)12-17)9-22(28)24-14-20(27(2)3)11-16-7-8-21-18(10-16)13-25-26-21;1-14-4-7-18(8-5-14)26(24,25)23-19-9-6-15(10-16(19)13-21-23)11-17(12-20)22(2)3;1-7(5-10(12)13)8-3-2-4-9(11)6-8/h5-13,15,17-18,21,26H,14,16,19H2,1-4H3,(H,31,35);4-8,10,12-13,15,20H,9,11,14H2,1-3H3,(H,24,28)(H,25,26);4-10,13,17H,11-12,20H2,1-3H3;2-4,6-7H,5H2,1H3,(H,12,13)/t21-,26+;15-,20+;17-;7-/m1101/s1. The topological polar surface area (TPSA) is 264 Å². The van der Waals surface area contributed by atoms with E-state index in [0.29, 0.717) is 43.5 Å². The zero-order valence-electron chi connectivity index (χ0n) is 61.2. The highest BCUT2D eigenvalue weighted by Crippen LogP contribution is 2.27. The van der Waals surface area contributed by atoms with Crippen LogP contribution in [0.25, 0.3) is 32.7 Å². The fourth-order valence-corrected chi connectivity index (χ4v) is 14.4. The summed E-state index contributed by atoms with van der Waals surface area (Å²) >= 11 is 0. The average molecular weight is 1470 g/mol. The van der Waals surface area contributed by atoms with Crippen LogP contribution in [0.15, 0.2) is 204 Å². The lowest BCUT2D eigenvalue weighted by Crippen LogP contribution is -2.41. The number of hydrogen-bond acceptors (Lipinski definition) is 14. The van der Waals surface area contributed by atoms with Crippen molar-refractivity contribution in [1.82, 2.24) is 53.9 Å². The molecular formula is C80H95F3N12O8S2. The Morgan fingerprint density at radius 3 is 1.21 bits per heavy atom. The van der Waals surface area contributed by atoms with Crippen LogP contribution in [0.3, 0.4) is 0 Å².